The quantitative estimate of drug-likeness (QED) is 0.453. The molecule has 3 aromatic rings. The molecule has 0 heterocycles. The van der Waals surface area contributed by atoms with Gasteiger partial charge in [0.25, 0.3) is 0 Å². The molecule has 0 aromatic heterocycles. The van der Waals surface area contributed by atoms with E-state index >= 15 is 0 Å². The van der Waals surface area contributed by atoms with Crippen LogP contribution in [0.2, 0.25) is 0 Å². The molecule has 176 valence electrons. The van der Waals surface area contributed by atoms with Crippen LogP contribution in [0.3, 0.4) is 0 Å². The minimum Gasteiger partial charge on any atom is -0.406 e. The molecule has 0 fully saturated rings. The third-order valence-corrected chi connectivity index (χ3v) is 5.61. The summed E-state index contributed by atoms with van der Waals surface area (Å²) in [4.78, 5) is 1.98. The van der Waals surface area contributed by atoms with Crippen LogP contribution in [0, 0.1) is 0 Å². The lowest BCUT2D eigenvalue weighted by Gasteiger charge is -2.37. The summed E-state index contributed by atoms with van der Waals surface area (Å²) in [5, 5.41) is 23.0. The van der Waals surface area contributed by atoms with Crippen molar-refractivity contribution in [3.05, 3.63) is 102 Å². The number of halogens is 3. The van der Waals surface area contributed by atoms with Crippen LogP contribution in [0.15, 0.2) is 84.9 Å². The van der Waals surface area contributed by atoms with Crippen molar-refractivity contribution in [3.63, 3.8) is 0 Å². The number of hydrogen-bond donors (Lipinski definition) is 2. The molecule has 0 bridgehead atoms. The number of likely N-dealkylation sites (N-methyl/N-ethyl adjacent to an activating group) is 1. The number of alkyl halides is 3. The summed E-state index contributed by atoms with van der Waals surface area (Å²) in [5.74, 6) is -0.400. The van der Waals surface area contributed by atoms with E-state index in [0.29, 0.717) is 18.7 Å². The van der Waals surface area contributed by atoms with Crippen molar-refractivity contribution in [2.45, 2.75) is 38.0 Å². The average molecular weight is 460 g/mol. The zero-order valence-corrected chi connectivity index (χ0v) is 18.4. The van der Waals surface area contributed by atoms with E-state index in [-0.39, 0.29) is 18.5 Å². The predicted molar refractivity (Wildman–Crippen MR) is 121 cm³/mol. The molecule has 7 heteroatoms. The smallest absolute Gasteiger partial charge is 0.406 e. The fourth-order valence-electron chi connectivity index (χ4n) is 3.85. The first-order chi connectivity index (χ1) is 15.7. The molecule has 0 aliphatic carbocycles. The summed E-state index contributed by atoms with van der Waals surface area (Å²) in [6.45, 7) is 3.25. The number of para-hydroxylation sites is 1. The summed E-state index contributed by atoms with van der Waals surface area (Å²) in [7, 11) is 0. The molecule has 2 atom stereocenters. The van der Waals surface area contributed by atoms with Crippen molar-refractivity contribution >= 4 is 0 Å². The van der Waals surface area contributed by atoms with Crippen molar-refractivity contribution in [3.8, 4) is 5.75 Å². The van der Waals surface area contributed by atoms with Crippen LogP contribution in [0.5, 0.6) is 5.75 Å². The maximum Gasteiger partial charge on any atom is 0.573 e. The Balaban J connectivity index is 1.90. The Morgan fingerprint density at radius 1 is 0.879 bits per heavy atom. The third-order valence-electron chi connectivity index (χ3n) is 5.61. The maximum atomic E-state index is 12.9. The lowest BCUT2D eigenvalue weighted by molar-refractivity contribution is -0.275. The molecular weight excluding hydrogens is 431 g/mol. The van der Waals surface area contributed by atoms with Gasteiger partial charge in [0.15, 0.2) is 0 Å². The molecule has 3 rings (SSSR count). The fraction of sp³-hybridized carbons (Fsp3) is 0.308. The zero-order valence-electron chi connectivity index (χ0n) is 18.4. The van der Waals surface area contributed by atoms with Gasteiger partial charge in [-0.1, -0.05) is 85.8 Å². The summed E-state index contributed by atoms with van der Waals surface area (Å²) in [6.07, 6.45) is -6.40. The van der Waals surface area contributed by atoms with Crippen molar-refractivity contribution in [1.82, 2.24) is 4.90 Å². The van der Waals surface area contributed by atoms with Crippen LogP contribution in [-0.4, -0.2) is 40.7 Å². The Kier molecular flexibility index (Phi) is 8.13. The van der Waals surface area contributed by atoms with Crippen LogP contribution in [0.1, 0.15) is 23.6 Å². The second-order valence-corrected chi connectivity index (χ2v) is 7.95. The highest BCUT2D eigenvalue weighted by Crippen LogP contribution is 2.35. The van der Waals surface area contributed by atoms with Gasteiger partial charge in [-0.3, -0.25) is 4.90 Å². The molecular formula is C26H28F3NO3. The molecule has 1 unspecified atom stereocenters. The van der Waals surface area contributed by atoms with Gasteiger partial charge in [0.2, 0.25) is 0 Å². The first kappa shape index (κ1) is 24.8. The molecule has 2 N–H and O–H groups in total. The third kappa shape index (κ3) is 6.81. The lowest BCUT2D eigenvalue weighted by atomic mass is 9.82. The topological polar surface area (TPSA) is 52.9 Å². The van der Waals surface area contributed by atoms with Crippen molar-refractivity contribution in [1.29, 1.82) is 0 Å². The predicted octanol–water partition coefficient (Wildman–Crippen LogP) is 4.90. The molecule has 0 spiro atoms. The average Bonchev–Trinajstić information content (AvgIpc) is 2.80. The summed E-state index contributed by atoms with van der Waals surface area (Å²) in [6, 6.07) is 23.9. The van der Waals surface area contributed by atoms with E-state index < -0.39 is 23.8 Å². The summed E-state index contributed by atoms with van der Waals surface area (Å²) < 4.78 is 42.9. The molecule has 0 aliphatic rings. The molecule has 0 aliphatic heterocycles. The fourth-order valence-corrected chi connectivity index (χ4v) is 3.85. The van der Waals surface area contributed by atoms with Crippen LogP contribution < -0.4 is 4.74 Å². The van der Waals surface area contributed by atoms with Gasteiger partial charge in [-0.25, -0.2) is 0 Å². The SMILES string of the molecule is CCN(Cc1ccccc1)CC(O)[C@@](O)(Cc1ccccc1OC(F)(F)F)c1ccccc1. The van der Waals surface area contributed by atoms with E-state index in [1.807, 2.05) is 42.2 Å². The van der Waals surface area contributed by atoms with Crippen LogP contribution >= 0.6 is 0 Å². The van der Waals surface area contributed by atoms with E-state index in [1.165, 1.54) is 18.2 Å². The number of rotatable bonds is 10. The van der Waals surface area contributed by atoms with E-state index in [9.17, 15) is 23.4 Å². The minimum absolute atomic E-state index is 0.124. The summed E-state index contributed by atoms with van der Waals surface area (Å²) in [5.41, 5.74) is -0.226. The first-order valence-electron chi connectivity index (χ1n) is 10.8. The molecule has 4 nitrogen and oxygen atoms in total. The second kappa shape index (κ2) is 10.8. The molecule has 0 saturated carbocycles. The van der Waals surface area contributed by atoms with Gasteiger partial charge in [0.05, 0.1) is 6.10 Å². The number of aliphatic hydroxyl groups excluding tert-OH is 1. The Labute approximate surface area is 191 Å². The Morgan fingerprint density at radius 3 is 2.06 bits per heavy atom. The van der Waals surface area contributed by atoms with E-state index in [2.05, 4.69) is 4.74 Å². The van der Waals surface area contributed by atoms with E-state index in [0.717, 1.165) is 5.56 Å². The Morgan fingerprint density at radius 2 is 1.45 bits per heavy atom. The molecule has 0 radical (unpaired) electrons. The van der Waals surface area contributed by atoms with Gasteiger partial charge in [-0.2, -0.15) is 0 Å². The van der Waals surface area contributed by atoms with Gasteiger partial charge in [0, 0.05) is 19.5 Å². The van der Waals surface area contributed by atoms with Gasteiger partial charge in [0.1, 0.15) is 11.4 Å². The largest absolute Gasteiger partial charge is 0.573 e. The summed E-state index contributed by atoms with van der Waals surface area (Å²) >= 11 is 0. The number of hydrogen-bond acceptors (Lipinski definition) is 4. The Bertz CT molecular complexity index is 998. The molecule has 33 heavy (non-hydrogen) atoms. The standard InChI is InChI=1S/C26H28F3NO3/c1-2-30(18-20-11-5-3-6-12-20)19-24(31)25(32,22-14-7-4-8-15-22)17-21-13-9-10-16-23(21)33-26(27,28)29/h3-16,24,31-32H,2,17-19H2,1H3/t24?,25-/m1/s1. The number of benzene rings is 3. The maximum absolute atomic E-state index is 12.9. The van der Waals surface area contributed by atoms with Crippen LogP contribution in [-0.2, 0) is 18.6 Å². The van der Waals surface area contributed by atoms with E-state index in [1.54, 1.807) is 36.4 Å². The highest BCUT2D eigenvalue weighted by Gasteiger charge is 2.40. The Hall–Kier alpha value is -2.87. The van der Waals surface area contributed by atoms with Crippen LogP contribution in [0.4, 0.5) is 13.2 Å². The zero-order chi connectivity index (χ0) is 23.9. The van der Waals surface area contributed by atoms with E-state index in [4.69, 9.17) is 0 Å². The van der Waals surface area contributed by atoms with Crippen molar-refractivity contribution in [2.75, 3.05) is 13.1 Å². The molecule has 0 amide bonds. The van der Waals surface area contributed by atoms with Crippen LogP contribution in [0.25, 0.3) is 0 Å². The number of aliphatic hydroxyl groups is 2. The minimum atomic E-state index is -4.87. The number of ether oxygens (including phenoxy) is 1. The monoisotopic (exact) mass is 459 g/mol. The van der Waals surface area contributed by atoms with Crippen molar-refractivity contribution < 1.29 is 28.1 Å². The highest BCUT2D eigenvalue weighted by atomic mass is 19.4. The van der Waals surface area contributed by atoms with Crippen molar-refractivity contribution in [2.24, 2.45) is 0 Å². The molecule has 0 saturated heterocycles. The second-order valence-electron chi connectivity index (χ2n) is 7.95. The first-order valence-corrected chi connectivity index (χ1v) is 10.8. The normalized spacial score (nSPS) is 14.6. The van der Waals surface area contributed by atoms with Gasteiger partial charge < -0.3 is 14.9 Å². The lowest BCUT2D eigenvalue weighted by Crippen LogP contribution is -2.48. The van der Waals surface area contributed by atoms with Gasteiger partial charge in [-0.15, -0.1) is 13.2 Å². The highest BCUT2D eigenvalue weighted by molar-refractivity contribution is 5.37. The number of nitrogens with zero attached hydrogens (tertiary/aromatic N) is 1. The van der Waals surface area contributed by atoms with Gasteiger partial charge in [-0.05, 0) is 29.3 Å². The van der Waals surface area contributed by atoms with Gasteiger partial charge >= 0.3 is 6.36 Å². The molecule has 3 aromatic carbocycles.